The first kappa shape index (κ1) is 15.6. The molecule has 8 heteroatoms. The predicted molar refractivity (Wildman–Crippen MR) is 80.4 cm³/mol. The Hall–Kier alpha value is -1.75. The van der Waals surface area contributed by atoms with Crippen molar-refractivity contribution < 1.29 is 9.53 Å². The van der Waals surface area contributed by atoms with Gasteiger partial charge in [0.2, 0.25) is 0 Å². The standard InChI is InChI=1S/C13H18BrN5O2/c1-12(2,3)21-11(20)18-7-13(8-18,4-5-15)19-6-9(14)10(16)17-19/h6H,4,7-8H2,1-3H3,(H2,16,17). The fourth-order valence-electron chi connectivity index (χ4n) is 2.21. The molecule has 0 atom stereocenters. The zero-order valence-corrected chi connectivity index (χ0v) is 13.8. The molecule has 7 nitrogen and oxygen atoms in total. The van der Waals surface area contributed by atoms with Crippen LogP contribution in [0.15, 0.2) is 10.7 Å². The van der Waals surface area contributed by atoms with Crippen molar-refractivity contribution in [3.8, 4) is 6.07 Å². The van der Waals surface area contributed by atoms with E-state index < -0.39 is 11.1 Å². The van der Waals surface area contributed by atoms with Gasteiger partial charge in [0.1, 0.15) is 11.1 Å². The van der Waals surface area contributed by atoms with Gasteiger partial charge in [-0.2, -0.15) is 10.4 Å². The normalized spacial score (nSPS) is 17.0. The summed E-state index contributed by atoms with van der Waals surface area (Å²) in [5.74, 6) is 0.364. The Kier molecular flexibility index (Phi) is 3.89. The second kappa shape index (κ2) is 5.22. The Morgan fingerprint density at radius 3 is 2.67 bits per heavy atom. The molecule has 1 saturated heterocycles. The Balaban J connectivity index is 2.12. The van der Waals surface area contributed by atoms with Gasteiger partial charge in [-0.15, -0.1) is 0 Å². The van der Waals surface area contributed by atoms with Crippen LogP contribution in [0.1, 0.15) is 27.2 Å². The number of likely N-dealkylation sites (tertiary alicyclic amines) is 1. The fraction of sp³-hybridized carbons (Fsp3) is 0.615. The van der Waals surface area contributed by atoms with Crippen LogP contribution in [0.3, 0.4) is 0 Å². The number of halogens is 1. The smallest absolute Gasteiger partial charge is 0.410 e. The Morgan fingerprint density at radius 1 is 1.62 bits per heavy atom. The number of amides is 1. The lowest BCUT2D eigenvalue weighted by Gasteiger charge is -2.48. The Labute approximate surface area is 131 Å². The number of rotatable bonds is 2. The highest BCUT2D eigenvalue weighted by molar-refractivity contribution is 9.10. The second-order valence-electron chi connectivity index (χ2n) is 6.20. The van der Waals surface area contributed by atoms with Gasteiger partial charge in [-0.25, -0.2) is 4.79 Å². The van der Waals surface area contributed by atoms with Gasteiger partial charge in [-0.05, 0) is 36.7 Å². The van der Waals surface area contributed by atoms with E-state index in [1.807, 2.05) is 20.8 Å². The summed E-state index contributed by atoms with van der Waals surface area (Å²) < 4.78 is 7.66. The van der Waals surface area contributed by atoms with E-state index in [-0.39, 0.29) is 12.5 Å². The van der Waals surface area contributed by atoms with Gasteiger partial charge in [0.15, 0.2) is 5.82 Å². The summed E-state index contributed by atoms with van der Waals surface area (Å²) in [6.45, 7) is 6.21. The number of nitrogens with two attached hydrogens (primary N) is 1. The van der Waals surface area contributed by atoms with Crippen molar-refractivity contribution in [3.05, 3.63) is 10.7 Å². The van der Waals surface area contributed by atoms with Crippen LogP contribution < -0.4 is 5.73 Å². The van der Waals surface area contributed by atoms with E-state index in [2.05, 4.69) is 27.1 Å². The number of carbonyl (C=O) groups is 1. The van der Waals surface area contributed by atoms with E-state index in [1.165, 1.54) is 0 Å². The molecular weight excluding hydrogens is 338 g/mol. The summed E-state index contributed by atoms with van der Waals surface area (Å²) in [4.78, 5) is 13.6. The van der Waals surface area contributed by atoms with Crippen LogP contribution >= 0.6 is 15.9 Å². The van der Waals surface area contributed by atoms with Crippen molar-refractivity contribution in [1.29, 1.82) is 5.26 Å². The molecule has 0 aromatic carbocycles. The monoisotopic (exact) mass is 355 g/mol. The van der Waals surface area contributed by atoms with E-state index in [0.717, 1.165) is 0 Å². The molecule has 1 aromatic rings. The topological polar surface area (TPSA) is 97.2 Å². The number of nitrogens with zero attached hydrogens (tertiary/aromatic N) is 4. The van der Waals surface area contributed by atoms with Crippen LogP contribution in [-0.4, -0.2) is 39.5 Å². The average Bonchev–Trinajstić information content (AvgIpc) is 2.61. The van der Waals surface area contributed by atoms with Gasteiger partial charge in [0.25, 0.3) is 0 Å². The number of aromatic nitrogens is 2. The van der Waals surface area contributed by atoms with Crippen molar-refractivity contribution in [1.82, 2.24) is 14.7 Å². The molecule has 114 valence electrons. The molecule has 0 aliphatic carbocycles. The first-order valence-corrected chi connectivity index (χ1v) is 7.32. The first-order chi connectivity index (χ1) is 9.67. The first-order valence-electron chi connectivity index (χ1n) is 6.53. The molecule has 1 aliphatic rings. The van der Waals surface area contributed by atoms with Crippen LogP contribution in [0.25, 0.3) is 0 Å². The summed E-state index contributed by atoms with van der Waals surface area (Å²) in [6, 6.07) is 2.15. The molecule has 2 rings (SSSR count). The maximum absolute atomic E-state index is 12.0. The minimum Gasteiger partial charge on any atom is -0.444 e. The van der Waals surface area contributed by atoms with Crippen LogP contribution in [-0.2, 0) is 10.3 Å². The highest BCUT2D eigenvalue weighted by Crippen LogP contribution is 2.35. The van der Waals surface area contributed by atoms with Gasteiger partial charge in [-0.3, -0.25) is 4.68 Å². The SMILES string of the molecule is CC(C)(C)OC(=O)N1CC(CC#N)(n2cc(Br)c(N)n2)C1. The van der Waals surface area contributed by atoms with E-state index in [9.17, 15) is 4.79 Å². The van der Waals surface area contributed by atoms with Gasteiger partial charge in [0, 0.05) is 6.20 Å². The molecule has 0 unspecified atom stereocenters. The van der Waals surface area contributed by atoms with Crippen molar-refractivity contribution in [3.63, 3.8) is 0 Å². The van der Waals surface area contributed by atoms with Crippen LogP contribution in [0.4, 0.5) is 10.6 Å². The number of ether oxygens (including phenoxy) is 1. The van der Waals surface area contributed by atoms with E-state index in [4.69, 9.17) is 15.7 Å². The van der Waals surface area contributed by atoms with Crippen molar-refractivity contribution >= 4 is 27.8 Å². The van der Waals surface area contributed by atoms with Gasteiger partial charge < -0.3 is 15.4 Å². The molecule has 1 aliphatic heterocycles. The lowest BCUT2D eigenvalue weighted by molar-refractivity contribution is -0.0313. The van der Waals surface area contributed by atoms with Crippen LogP contribution in [0, 0.1) is 11.3 Å². The average molecular weight is 356 g/mol. The molecule has 1 aromatic heterocycles. The largest absolute Gasteiger partial charge is 0.444 e. The highest BCUT2D eigenvalue weighted by Gasteiger charge is 2.49. The number of nitriles is 1. The van der Waals surface area contributed by atoms with Crippen molar-refractivity contribution in [2.24, 2.45) is 0 Å². The predicted octanol–water partition coefficient (Wildman–Crippen LogP) is 2.09. The molecule has 2 N–H and O–H groups in total. The third-order valence-corrected chi connectivity index (χ3v) is 3.82. The minimum absolute atomic E-state index is 0.250. The molecule has 21 heavy (non-hydrogen) atoms. The van der Waals surface area contributed by atoms with Gasteiger partial charge >= 0.3 is 6.09 Å². The number of hydrogen-bond acceptors (Lipinski definition) is 5. The Morgan fingerprint density at radius 2 is 2.24 bits per heavy atom. The maximum Gasteiger partial charge on any atom is 0.410 e. The quantitative estimate of drug-likeness (QED) is 0.875. The van der Waals surface area contributed by atoms with Crippen molar-refractivity contribution in [2.75, 3.05) is 18.8 Å². The molecule has 1 amide bonds. The van der Waals surface area contributed by atoms with Gasteiger partial charge in [-0.1, -0.05) is 0 Å². The second-order valence-corrected chi connectivity index (χ2v) is 7.06. The summed E-state index contributed by atoms with van der Waals surface area (Å²) in [5, 5.41) is 13.3. The zero-order valence-electron chi connectivity index (χ0n) is 12.3. The number of nitrogen functional groups attached to an aromatic ring is 1. The summed E-state index contributed by atoms with van der Waals surface area (Å²) >= 11 is 3.30. The molecule has 0 saturated carbocycles. The third kappa shape index (κ3) is 3.13. The van der Waals surface area contributed by atoms with Gasteiger partial charge in [0.05, 0.1) is 30.1 Å². The van der Waals surface area contributed by atoms with Crippen molar-refractivity contribution in [2.45, 2.75) is 38.3 Å². The molecule has 0 radical (unpaired) electrons. The van der Waals surface area contributed by atoms with E-state index in [1.54, 1.807) is 15.8 Å². The summed E-state index contributed by atoms with van der Waals surface area (Å²) in [6.07, 6.45) is 1.61. The summed E-state index contributed by atoms with van der Waals surface area (Å²) in [7, 11) is 0. The third-order valence-electron chi connectivity index (χ3n) is 3.21. The molecule has 1 fully saturated rings. The van der Waals surface area contributed by atoms with E-state index in [0.29, 0.717) is 23.4 Å². The van der Waals surface area contributed by atoms with Crippen LogP contribution in [0.5, 0.6) is 0 Å². The summed E-state index contributed by atoms with van der Waals surface area (Å²) in [5.41, 5.74) is 4.65. The Bertz CT molecular complexity index is 573. The fourth-order valence-corrected chi connectivity index (χ4v) is 2.49. The zero-order chi connectivity index (χ0) is 15.8. The van der Waals surface area contributed by atoms with Crippen LogP contribution in [0.2, 0.25) is 0 Å². The van der Waals surface area contributed by atoms with E-state index >= 15 is 0 Å². The molecular formula is C13H18BrN5O2. The lowest BCUT2D eigenvalue weighted by atomic mass is 9.87. The lowest BCUT2D eigenvalue weighted by Crippen LogP contribution is -2.64. The number of hydrogen-bond donors (Lipinski definition) is 1. The molecule has 0 spiro atoms. The minimum atomic E-state index is -0.538. The number of carbonyl (C=O) groups excluding carboxylic acids is 1. The highest BCUT2D eigenvalue weighted by atomic mass is 79.9. The molecule has 2 heterocycles. The maximum atomic E-state index is 12.0. The molecule has 0 bridgehead atoms. The number of anilines is 1.